The molecule has 1 fully saturated rings. The molecule has 0 saturated carbocycles. The highest BCUT2D eigenvalue weighted by atomic mass is 19.3. The van der Waals surface area contributed by atoms with Gasteiger partial charge in [-0.3, -0.25) is 0 Å². The summed E-state index contributed by atoms with van der Waals surface area (Å²) in [5.74, 6) is -2.36. The van der Waals surface area contributed by atoms with Gasteiger partial charge in [0.15, 0.2) is 0 Å². The molecule has 0 amide bonds. The Labute approximate surface area is 81.3 Å². The summed E-state index contributed by atoms with van der Waals surface area (Å²) in [5.41, 5.74) is 0. The molecular formula is C10H13F2NO. The molecule has 78 valence electrons. The van der Waals surface area contributed by atoms with Crippen molar-refractivity contribution in [2.45, 2.75) is 25.8 Å². The Morgan fingerprint density at radius 3 is 2.64 bits per heavy atom. The van der Waals surface area contributed by atoms with Gasteiger partial charge in [0.1, 0.15) is 17.6 Å². The molecule has 2 unspecified atom stereocenters. The fourth-order valence-electron chi connectivity index (χ4n) is 1.75. The lowest BCUT2D eigenvalue weighted by molar-refractivity contribution is -0.0512. The predicted octanol–water partition coefficient (Wildman–Crippen LogP) is 2.50. The van der Waals surface area contributed by atoms with Crippen LogP contribution in [0.25, 0.3) is 0 Å². The molecule has 1 saturated heterocycles. The molecule has 2 nitrogen and oxygen atoms in total. The van der Waals surface area contributed by atoms with E-state index >= 15 is 0 Å². The second kappa shape index (κ2) is 3.05. The topological polar surface area (TPSA) is 25.2 Å². The van der Waals surface area contributed by atoms with Crippen molar-refractivity contribution in [3.63, 3.8) is 0 Å². The van der Waals surface area contributed by atoms with E-state index in [2.05, 4.69) is 5.32 Å². The lowest BCUT2D eigenvalue weighted by Crippen LogP contribution is -2.29. The van der Waals surface area contributed by atoms with Crippen molar-refractivity contribution in [1.82, 2.24) is 5.32 Å². The minimum Gasteiger partial charge on any atom is -0.464 e. The highest BCUT2D eigenvalue weighted by Gasteiger charge is 2.51. The van der Waals surface area contributed by atoms with Crippen molar-refractivity contribution in [2.75, 3.05) is 6.54 Å². The molecule has 1 aromatic rings. The van der Waals surface area contributed by atoms with Gasteiger partial charge in [0.05, 0.1) is 0 Å². The van der Waals surface area contributed by atoms with E-state index in [-0.39, 0.29) is 0 Å². The third-order valence-corrected chi connectivity index (χ3v) is 2.72. The molecule has 1 aliphatic heterocycles. The van der Waals surface area contributed by atoms with E-state index in [4.69, 9.17) is 4.42 Å². The van der Waals surface area contributed by atoms with Crippen molar-refractivity contribution in [2.24, 2.45) is 5.92 Å². The molecule has 14 heavy (non-hydrogen) atoms. The maximum atomic E-state index is 13.6. The maximum Gasteiger partial charge on any atom is 0.274 e. The molecule has 4 heteroatoms. The van der Waals surface area contributed by atoms with Gasteiger partial charge in [-0.15, -0.1) is 0 Å². The summed E-state index contributed by atoms with van der Waals surface area (Å²) < 4.78 is 32.4. The second-order valence-corrected chi connectivity index (χ2v) is 3.87. The quantitative estimate of drug-likeness (QED) is 0.755. The van der Waals surface area contributed by atoms with Crippen molar-refractivity contribution >= 4 is 0 Å². The van der Waals surface area contributed by atoms with Gasteiger partial charge in [-0.1, -0.05) is 6.92 Å². The van der Waals surface area contributed by atoms with Gasteiger partial charge in [-0.05, 0) is 19.1 Å². The highest BCUT2D eigenvalue weighted by Crippen LogP contribution is 2.42. The number of rotatable bonds is 1. The molecule has 0 spiro atoms. The number of furan rings is 1. The van der Waals surface area contributed by atoms with Crippen LogP contribution in [-0.2, 0) is 0 Å². The van der Waals surface area contributed by atoms with Crippen LogP contribution in [-0.4, -0.2) is 12.5 Å². The summed E-state index contributed by atoms with van der Waals surface area (Å²) in [5, 5.41) is 2.78. The van der Waals surface area contributed by atoms with Crippen LogP contribution >= 0.6 is 0 Å². The van der Waals surface area contributed by atoms with Crippen LogP contribution in [0.3, 0.4) is 0 Å². The van der Waals surface area contributed by atoms with Gasteiger partial charge in [0, 0.05) is 12.5 Å². The zero-order chi connectivity index (χ0) is 10.3. The fraction of sp³-hybridized carbons (Fsp3) is 0.600. The Hall–Kier alpha value is -0.900. The predicted molar refractivity (Wildman–Crippen MR) is 48.3 cm³/mol. The number of alkyl halides is 2. The third kappa shape index (κ3) is 1.34. The van der Waals surface area contributed by atoms with Crippen molar-refractivity contribution in [1.29, 1.82) is 0 Å². The first kappa shape index (κ1) is 9.65. The van der Waals surface area contributed by atoms with E-state index in [1.807, 2.05) is 0 Å². The lowest BCUT2D eigenvalue weighted by Gasteiger charge is -2.19. The molecule has 0 radical (unpaired) electrons. The van der Waals surface area contributed by atoms with Crippen molar-refractivity contribution in [3.8, 4) is 0 Å². The third-order valence-electron chi connectivity index (χ3n) is 2.72. The highest BCUT2D eigenvalue weighted by molar-refractivity contribution is 5.15. The number of aryl methyl sites for hydroxylation is 1. The Morgan fingerprint density at radius 2 is 2.21 bits per heavy atom. The average Bonchev–Trinajstić information content (AvgIpc) is 2.60. The first-order valence-electron chi connectivity index (χ1n) is 4.69. The summed E-state index contributed by atoms with van der Waals surface area (Å²) in [4.78, 5) is 0. The van der Waals surface area contributed by atoms with Gasteiger partial charge in [-0.25, -0.2) is 8.78 Å². The van der Waals surface area contributed by atoms with Crippen LogP contribution in [0.4, 0.5) is 8.78 Å². The number of hydrogen-bond acceptors (Lipinski definition) is 2. The van der Waals surface area contributed by atoms with Gasteiger partial charge in [0.25, 0.3) is 5.92 Å². The minimum absolute atomic E-state index is 0.330. The molecule has 0 bridgehead atoms. The molecule has 1 aromatic heterocycles. The van der Waals surface area contributed by atoms with Gasteiger partial charge in [-0.2, -0.15) is 0 Å². The monoisotopic (exact) mass is 201 g/mol. The van der Waals surface area contributed by atoms with Gasteiger partial charge in [0.2, 0.25) is 0 Å². The SMILES string of the molecule is Cc1ccc(C2NCC(C)C2(F)F)o1. The van der Waals surface area contributed by atoms with E-state index in [9.17, 15) is 8.78 Å². The average molecular weight is 201 g/mol. The van der Waals surface area contributed by atoms with E-state index in [0.29, 0.717) is 18.1 Å². The van der Waals surface area contributed by atoms with Crippen molar-refractivity contribution < 1.29 is 13.2 Å². The van der Waals surface area contributed by atoms with Gasteiger partial charge < -0.3 is 9.73 Å². The molecule has 0 aromatic carbocycles. The molecule has 1 N–H and O–H groups in total. The second-order valence-electron chi connectivity index (χ2n) is 3.87. The molecular weight excluding hydrogens is 188 g/mol. The zero-order valence-corrected chi connectivity index (χ0v) is 8.18. The zero-order valence-electron chi connectivity index (χ0n) is 8.18. The van der Waals surface area contributed by atoms with Crippen LogP contribution in [0.2, 0.25) is 0 Å². The summed E-state index contributed by atoms with van der Waals surface area (Å²) in [7, 11) is 0. The number of hydrogen-bond donors (Lipinski definition) is 1. The Bertz CT molecular complexity index is 335. The van der Waals surface area contributed by atoms with Crippen LogP contribution in [0.5, 0.6) is 0 Å². The Balaban J connectivity index is 2.28. The fourth-order valence-corrected chi connectivity index (χ4v) is 1.75. The van der Waals surface area contributed by atoms with E-state index in [0.717, 1.165) is 0 Å². The number of nitrogens with one attached hydrogen (secondary N) is 1. The largest absolute Gasteiger partial charge is 0.464 e. The number of halogens is 2. The van der Waals surface area contributed by atoms with E-state index in [1.165, 1.54) is 0 Å². The maximum absolute atomic E-state index is 13.6. The Kier molecular flexibility index (Phi) is 2.10. The van der Waals surface area contributed by atoms with Gasteiger partial charge >= 0.3 is 0 Å². The molecule has 2 rings (SSSR count). The molecule has 1 aliphatic rings. The molecule has 2 heterocycles. The van der Waals surface area contributed by atoms with Crippen molar-refractivity contribution in [3.05, 3.63) is 23.7 Å². The first-order valence-corrected chi connectivity index (χ1v) is 4.69. The van der Waals surface area contributed by atoms with Crippen LogP contribution in [0.1, 0.15) is 24.5 Å². The minimum atomic E-state index is -2.72. The summed E-state index contributed by atoms with van der Waals surface area (Å²) >= 11 is 0. The molecule has 0 aliphatic carbocycles. The normalized spacial score (nSPS) is 30.9. The summed E-state index contributed by atoms with van der Waals surface area (Å²) in [6.07, 6.45) is 0. The Morgan fingerprint density at radius 1 is 1.50 bits per heavy atom. The lowest BCUT2D eigenvalue weighted by atomic mass is 10.0. The van der Waals surface area contributed by atoms with E-state index < -0.39 is 17.9 Å². The standard InChI is InChI=1S/C10H13F2NO/c1-6-5-13-9(10(6,11)12)8-4-3-7(2)14-8/h3-4,6,9,13H,5H2,1-2H3. The first-order chi connectivity index (χ1) is 6.51. The summed E-state index contributed by atoms with van der Waals surface area (Å²) in [6, 6.07) is 2.35. The van der Waals surface area contributed by atoms with Crippen LogP contribution in [0, 0.1) is 12.8 Å². The molecule has 2 atom stereocenters. The van der Waals surface area contributed by atoms with E-state index in [1.54, 1.807) is 26.0 Å². The smallest absolute Gasteiger partial charge is 0.274 e. The van der Waals surface area contributed by atoms with Crippen LogP contribution < -0.4 is 5.32 Å². The summed E-state index contributed by atoms with van der Waals surface area (Å²) in [6.45, 7) is 3.63. The van der Waals surface area contributed by atoms with Crippen LogP contribution in [0.15, 0.2) is 16.5 Å².